The lowest BCUT2D eigenvalue weighted by Gasteiger charge is -2.22. The molecule has 0 amide bonds. The molecule has 6 nitrogen and oxygen atoms in total. The van der Waals surface area contributed by atoms with Crippen molar-refractivity contribution in [1.82, 2.24) is 10.2 Å². The van der Waals surface area contributed by atoms with Crippen molar-refractivity contribution in [2.24, 2.45) is 0 Å². The monoisotopic (exact) mass is 304 g/mol. The first-order chi connectivity index (χ1) is 8.85. The van der Waals surface area contributed by atoms with Gasteiger partial charge in [0.25, 0.3) is 0 Å². The highest BCUT2D eigenvalue weighted by molar-refractivity contribution is 7.91. The third-order valence-electron chi connectivity index (χ3n) is 2.75. The largest absolute Gasteiger partial charge is 0.331 e. The summed E-state index contributed by atoms with van der Waals surface area (Å²) in [5.41, 5.74) is 0. The summed E-state index contributed by atoms with van der Waals surface area (Å²) in [4.78, 5) is 1.72. The van der Waals surface area contributed by atoms with Gasteiger partial charge in [0.2, 0.25) is 0 Å². The minimum absolute atomic E-state index is 0.196. The molecule has 0 saturated carbocycles. The molecule has 2 radical (unpaired) electrons. The van der Waals surface area contributed by atoms with Crippen LogP contribution in [0.2, 0.25) is 0 Å². The molecule has 2 saturated heterocycles. The second kappa shape index (κ2) is 7.17. The van der Waals surface area contributed by atoms with E-state index in [1.54, 1.807) is 4.90 Å². The van der Waals surface area contributed by atoms with E-state index in [9.17, 15) is 16.8 Å². The zero-order chi connectivity index (χ0) is 14.4. The van der Waals surface area contributed by atoms with E-state index in [1.165, 1.54) is 0 Å². The van der Waals surface area contributed by atoms with Crippen LogP contribution in [-0.4, -0.2) is 78.8 Å². The predicted octanol–water partition coefficient (Wildman–Crippen LogP) is -2.19. The molecule has 0 aromatic rings. The molecule has 2 rings (SSSR count). The summed E-state index contributed by atoms with van der Waals surface area (Å²) in [6, 6.07) is 2.62. The molecule has 9 heteroatoms. The van der Waals surface area contributed by atoms with Crippen molar-refractivity contribution in [3.8, 4) is 11.9 Å². The van der Waals surface area contributed by atoms with E-state index in [0.717, 1.165) is 0 Å². The van der Waals surface area contributed by atoms with Crippen LogP contribution in [0, 0.1) is 11.9 Å². The smallest absolute Gasteiger partial charge is 0.190 e. The maximum Gasteiger partial charge on any atom is 0.190 e. The number of rotatable bonds is 0. The van der Waals surface area contributed by atoms with Gasteiger partial charge in [-0.15, -0.1) is 5.82 Å². The van der Waals surface area contributed by atoms with E-state index >= 15 is 0 Å². The number of hydrogen-bond donors (Lipinski definition) is 1. The summed E-state index contributed by atoms with van der Waals surface area (Å²) >= 11 is 0. The highest BCUT2D eigenvalue weighted by Gasteiger charge is 2.19. The highest BCUT2D eigenvalue weighted by Crippen LogP contribution is 2.01. The van der Waals surface area contributed by atoms with Gasteiger partial charge in [-0.25, -0.2) is 16.8 Å². The standard InChI is InChI=1S/C6H8BNO2S.C4H9NO2S/c7-1-2-8-3-5-11(9,10)6-4-8;6-8(7)3-1-5-2-4-8/h3-6H2;5H,1-4H2. The number of nitrogens with zero attached hydrogens (tertiary/aromatic N) is 1. The summed E-state index contributed by atoms with van der Waals surface area (Å²) < 4.78 is 43.0. The van der Waals surface area contributed by atoms with E-state index in [-0.39, 0.29) is 11.5 Å². The van der Waals surface area contributed by atoms with Crippen LogP contribution in [0.5, 0.6) is 0 Å². The summed E-state index contributed by atoms with van der Waals surface area (Å²) in [5.74, 6) is 3.26. The van der Waals surface area contributed by atoms with Gasteiger partial charge < -0.3 is 10.2 Å². The van der Waals surface area contributed by atoms with Gasteiger partial charge >= 0.3 is 0 Å². The van der Waals surface area contributed by atoms with Gasteiger partial charge in [0.15, 0.2) is 27.5 Å². The van der Waals surface area contributed by atoms with Gasteiger partial charge in [0.05, 0.1) is 23.0 Å². The summed E-state index contributed by atoms with van der Waals surface area (Å²) in [6.07, 6.45) is 0. The molecule has 0 aromatic carbocycles. The SMILES string of the molecule is O=S1(=O)CCNCC1.[B]C#CN1CCS(=O)(=O)CC1. The van der Waals surface area contributed by atoms with Crippen molar-refractivity contribution in [2.45, 2.75) is 0 Å². The number of hydrogen-bond acceptors (Lipinski definition) is 6. The Balaban J connectivity index is 0.000000200. The van der Waals surface area contributed by atoms with Crippen molar-refractivity contribution in [3.63, 3.8) is 0 Å². The third-order valence-corrected chi connectivity index (χ3v) is 6.01. The molecule has 0 unspecified atom stereocenters. The van der Waals surface area contributed by atoms with Gasteiger partial charge in [-0.05, 0) is 6.04 Å². The van der Waals surface area contributed by atoms with E-state index in [0.29, 0.717) is 37.7 Å². The Morgan fingerprint density at radius 3 is 1.74 bits per heavy atom. The average molecular weight is 304 g/mol. The van der Waals surface area contributed by atoms with Crippen LogP contribution >= 0.6 is 0 Å². The quantitative estimate of drug-likeness (QED) is 0.404. The van der Waals surface area contributed by atoms with Crippen LogP contribution in [0.25, 0.3) is 0 Å². The molecule has 2 fully saturated rings. The summed E-state index contributed by atoms with van der Waals surface area (Å²) in [5, 5.41) is 2.96. The molecular formula is C10H17BN2O4S2. The lowest BCUT2D eigenvalue weighted by Crippen LogP contribution is -2.37. The molecule has 2 aliphatic heterocycles. The fourth-order valence-electron chi connectivity index (χ4n) is 1.60. The van der Waals surface area contributed by atoms with Crippen LogP contribution in [0.3, 0.4) is 0 Å². The maximum atomic E-state index is 10.9. The molecule has 0 aliphatic carbocycles. The van der Waals surface area contributed by atoms with E-state index < -0.39 is 19.7 Å². The minimum atomic E-state index is -2.78. The van der Waals surface area contributed by atoms with E-state index in [1.807, 2.05) is 0 Å². The van der Waals surface area contributed by atoms with Crippen LogP contribution in [0.1, 0.15) is 0 Å². The lowest BCUT2D eigenvalue weighted by atomic mass is 10.2. The minimum Gasteiger partial charge on any atom is -0.331 e. The fourth-order valence-corrected chi connectivity index (χ4v) is 3.91. The van der Waals surface area contributed by atoms with Gasteiger partial charge in [-0.1, -0.05) is 0 Å². The van der Waals surface area contributed by atoms with Crippen molar-refractivity contribution < 1.29 is 16.8 Å². The van der Waals surface area contributed by atoms with Gasteiger partial charge in [-0.3, -0.25) is 0 Å². The Bertz CT molecular complexity index is 522. The molecule has 1 N–H and O–H groups in total. The average Bonchev–Trinajstić information content (AvgIpc) is 2.33. The van der Waals surface area contributed by atoms with Crippen molar-refractivity contribution in [2.75, 3.05) is 49.2 Å². The first kappa shape index (κ1) is 16.3. The zero-order valence-electron chi connectivity index (χ0n) is 10.6. The molecule has 0 atom stereocenters. The van der Waals surface area contributed by atoms with Crippen LogP contribution in [0.4, 0.5) is 0 Å². The lowest BCUT2D eigenvalue weighted by molar-refractivity contribution is 0.424. The second-order valence-corrected chi connectivity index (χ2v) is 8.90. The van der Waals surface area contributed by atoms with E-state index in [4.69, 9.17) is 7.85 Å². The van der Waals surface area contributed by atoms with Crippen molar-refractivity contribution >= 4 is 27.5 Å². The maximum absolute atomic E-state index is 10.9. The molecule has 0 spiro atoms. The highest BCUT2D eigenvalue weighted by atomic mass is 32.2. The zero-order valence-corrected chi connectivity index (χ0v) is 12.3. The first-order valence-electron chi connectivity index (χ1n) is 5.92. The third kappa shape index (κ3) is 6.85. The Kier molecular flexibility index (Phi) is 6.17. The number of sulfone groups is 2. The summed E-state index contributed by atoms with van der Waals surface area (Å²) in [7, 11) is -0.455. The van der Waals surface area contributed by atoms with Crippen molar-refractivity contribution in [1.29, 1.82) is 0 Å². The Hall–Kier alpha value is -0.715. The second-order valence-electron chi connectivity index (χ2n) is 4.30. The van der Waals surface area contributed by atoms with Crippen LogP contribution in [-0.2, 0) is 19.7 Å². The Labute approximate surface area is 116 Å². The predicted molar refractivity (Wildman–Crippen MR) is 75.3 cm³/mol. The fraction of sp³-hybridized carbons (Fsp3) is 0.800. The van der Waals surface area contributed by atoms with Gasteiger partial charge in [-0.2, -0.15) is 0 Å². The molecule has 2 aliphatic rings. The van der Waals surface area contributed by atoms with Crippen LogP contribution in [0.15, 0.2) is 0 Å². The number of nitrogens with one attached hydrogen (secondary N) is 1. The first-order valence-corrected chi connectivity index (χ1v) is 9.57. The Morgan fingerprint density at radius 1 is 0.895 bits per heavy atom. The topological polar surface area (TPSA) is 83.6 Å². The van der Waals surface area contributed by atoms with Crippen molar-refractivity contribution in [3.05, 3.63) is 0 Å². The Morgan fingerprint density at radius 2 is 1.37 bits per heavy atom. The van der Waals surface area contributed by atoms with E-state index in [2.05, 4.69) is 17.2 Å². The van der Waals surface area contributed by atoms with Crippen LogP contribution < -0.4 is 5.32 Å². The molecule has 0 aromatic heterocycles. The molecule has 2 heterocycles. The molecule has 0 bridgehead atoms. The molecule has 19 heavy (non-hydrogen) atoms. The summed E-state index contributed by atoms with van der Waals surface area (Å²) in [6.45, 7) is 2.21. The van der Waals surface area contributed by atoms with Gasteiger partial charge in [0.1, 0.15) is 0 Å². The normalized spacial score (nSPS) is 24.3. The van der Waals surface area contributed by atoms with Gasteiger partial charge in [0, 0.05) is 26.2 Å². The molecular weight excluding hydrogens is 287 g/mol. The molecule has 106 valence electrons.